The lowest BCUT2D eigenvalue weighted by Crippen LogP contribution is -2.40. The molecule has 8 nitrogen and oxygen atoms in total. The molecule has 4 aromatic rings. The molecule has 178 valence electrons. The zero-order valence-electron chi connectivity index (χ0n) is 19.3. The molecule has 0 radical (unpaired) electrons. The SMILES string of the molecule is CNC(=O)Cc1ccc(-n2c(=O)c3ccccc3n(CC(=O)Nc3cccc(SC)c3)c2=O)cc1. The first-order valence-corrected chi connectivity index (χ1v) is 12.1. The molecule has 0 saturated carbocycles. The summed E-state index contributed by atoms with van der Waals surface area (Å²) in [7, 11) is 1.56. The summed E-state index contributed by atoms with van der Waals surface area (Å²) in [5.74, 6) is -0.529. The molecule has 9 heteroatoms. The highest BCUT2D eigenvalue weighted by atomic mass is 32.2. The van der Waals surface area contributed by atoms with Crippen molar-refractivity contribution < 1.29 is 9.59 Å². The fraction of sp³-hybridized carbons (Fsp3) is 0.154. The minimum Gasteiger partial charge on any atom is -0.359 e. The van der Waals surface area contributed by atoms with E-state index in [4.69, 9.17) is 0 Å². The number of aromatic nitrogens is 2. The molecule has 0 spiro atoms. The van der Waals surface area contributed by atoms with Gasteiger partial charge in [0.1, 0.15) is 6.54 Å². The van der Waals surface area contributed by atoms with E-state index in [-0.39, 0.29) is 24.8 Å². The van der Waals surface area contributed by atoms with Crippen molar-refractivity contribution in [1.82, 2.24) is 14.5 Å². The van der Waals surface area contributed by atoms with Gasteiger partial charge in [0.05, 0.1) is 23.0 Å². The van der Waals surface area contributed by atoms with E-state index in [1.807, 2.05) is 24.5 Å². The lowest BCUT2D eigenvalue weighted by Gasteiger charge is -2.15. The van der Waals surface area contributed by atoms with Crippen LogP contribution >= 0.6 is 11.8 Å². The molecule has 0 fully saturated rings. The Bertz CT molecular complexity index is 1520. The smallest absolute Gasteiger partial charge is 0.336 e. The Morgan fingerprint density at radius 1 is 0.914 bits per heavy atom. The Morgan fingerprint density at radius 2 is 1.66 bits per heavy atom. The molecule has 2 amide bonds. The van der Waals surface area contributed by atoms with E-state index in [9.17, 15) is 19.2 Å². The first-order valence-electron chi connectivity index (χ1n) is 10.9. The number of likely N-dealkylation sites (N-methyl/N-ethyl adjacent to an activating group) is 1. The summed E-state index contributed by atoms with van der Waals surface area (Å²) in [6, 6.07) is 20.8. The Morgan fingerprint density at radius 3 is 2.37 bits per heavy atom. The Hall–Kier alpha value is -4.11. The number of hydrogen-bond acceptors (Lipinski definition) is 5. The van der Waals surface area contributed by atoms with E-state index in [0.29, 0.717) is 22.3 Å². The van der Waals surface area contributed by atoms with Crippen LogP contribution in [-0.4, -0.2) is 34.3 Å². The lowest BCUT2D eigenvalue weighted by molar-refractivity contribution is -0.120. The number of carbonyl (C=O) groups is 2. The van der Waals surface area contributed by atoms with Gasteiger partial charge in [0, 0.05) is 17.6 Å². The van der Waals surface area contributed by atoms with Crippen LogP contribution in [-0.2, 0) is 22.6 Å². The van der Waals surface area contributed by atoms with Gasteiger partial charge in [-0.2, -0.15) is 0 Å². The average Bonchev–Trinajstić information content (AvgIpc) is 2.87. The summed E-state index contributed by atoms with van der Waals surface area (Å²) in [6.45, 7) is -0.266. The predicted octanol–water partition coefficient (Wildman–Crippen LogP) is 2.80. The second kappa shape index (κ2) is 10.4. The van der Waals surface area contributed by atoms with Crippen LogP contribution in [0.5, 0.6) is 0 Å². The highest BCUT2D eigenvalue weighted by Crippen LogP contribution is 2.19. The number of para-hydroxylation sites is 1. The monoisotopic (exact) mass is 488 g/mol. The number of fused-ring (bicyclic) bond motifs is 1. The van der Waals surface area contributed by atoms with E-state index in [1.165, 1.54) is 4.57 Å². The van der Waals surface area contributed by atoms with Crippen LogP contribution in [0.25, 0.3) is 16.6 Å². The van der Waals surface area contributed by atoms with E-state index in [1.54, 1.807) is 73.4 Å². The van der Waals surface area contributed by atoms with Crippen LogP contribution in [0.4, 0.5) is 5.69 Å². The minimum absolute atomic E-state index is 0.142. The van der Waals surface area contributed by atoms with Gasteiger partial charge in [0.2, 0.25) is 11.8 Å². The molecule has 1 aromatic heterocycles. The number of carbonyl (C=O) groups excluding carboxylic acids is 2. The first-order chi connectivity index (χ1) is 16.9. The number of nitrogens with zero attached hydrogens (tertiary/aromatic N) is 2. The van der Waals surface area contributed by atoms with Crippen LogP contribution in [0.15, 0.2) is 87.3 Å². The molecule has 1 heterocycles. The third-order valence-corrected chi connectivity index (χ3v) is 6.27. The van der Waals surface area contributed by atoms with Crippen molar-refractivity contribution in [3.8, 4) is 5.69 Å². The third kappa shape index (κ3) is 5.20. The molecule has 0 aliphatic rings. The maximum atomic E-state index is 13.5. The number of amides is 2. The van der Waals surface area contributed by atoms with Crippen molar-refractivity contribution >= 4 is 40.2 Å². The molecule has 0 atom stereocenters. The standard InChI is InChI=1S/C26H24N4O4S/c1-27-23(31)14-17-10-12-19(13-11-17)30-25(33)21-8-3-4-9-22(21)29(26(30)34)16-24(32)28-18-6-5-7-20(15-18)35-2/h3-13,15H,14,16H2,1-2H3,(H,27,31)(H,28,32). The molecule has 35 heavy (non-hydrogen) atoms. The molecule has 4 rings (SSSR count). The van der Waals surface area contributed by atoms with Gasteiger partial charge in [0.25, 0.3) is 5.56 Å². The summed E-state index contributed by atoms with van der Waals surface area (Å²) in [5, 5.41) is 5.70. The molecule has 0 saturated heterocycles. The van der Waals surface area contributed by atoms with Gasteiger partial charge in [-0.3, -0.25) is 19.0 Å². The van der Waals surface area contributed by atoms with Gasteiger partial charge in [-0.1, -0.05) is 30.3 Å². The minimum atomic E-state index is -0.624. The zero-order valence-corrected chi connectivity index (χ0v) is 20.1. The maximum absolute atomic E-state index is 13.5. The summed E-state index contributed by atoms with van der Waals surface area (Å²) < 4.78 is 2.34. The number of rotatable bonds is 7. The summed E-state index contributed by atoms with van der Waals surface area (Å²) in [4.78, 5) is 52.2. The quantitative estimate of drug-likeness (QED) is 0.390. The molecule has 2 N–H and O–H groups in total. The van der Waals surface area contributed by atoms with Crippen molar-refractivity contribution in [3.05, 3.63) is 99.2 Å². The molecule has 0 aliphatic carbocycles. The second-order valence-electron chi connectivity index (χ2n) is 7.82. The van der Waals surface area contributed by atoms with Crippen LogP contribution < -0.4 is 21.9 Å². The largest absolute Gasteiger partial charge is 0.359 e. The van der Waals surface area contributed by atoms with Crippen molar-refractivity contribution in [3.63, 3.8) is 0 Å². The van der Waals surface area contributed by atoms with E-state index >= 15 is 0 Å². The van der Waals surface area contributed by atoms with Crippen LogP contribution in [0, 0.1) is 0 Å². The third-order valence-electron chi connectivity index (χ3n) is 5.54. The molecule has 0 bridgehead atoms. The zero-order chi connectivity index (χ0) is 24.9. The molecule has 0 unspecified atom stereocenters. The predicted molar refractivity (Wildman–Crippen MR) is 138 cm³/mol. The topological polar surface area (TPSA) is 102 Å². The van der Waals surface area contributed by atoms with Gasteiger partial charge >= 0.3 is 5.69 Å². The van der Waals surface area contributed by atoms with Crippen molar-refractivity contribution in [2.24, 2.45) is 0 Å². The maximum Gasteiger partial charge on any atom is 0.336 e. The van der Waals surface area contributed by atoms with Crippen molar-refractivity contribution in [1.29, 1.82) is 0 Å². The molecular formula is C26H24N4O4S. The van der Waals surface area contributed by atoms with Gasteiger partial charge in [-0.05, 0) is 54.3 Å². The van der Waals surface area contributed by atoms with Gasteiger partial charge < -0.3 is 10.6 Å². The first kappa shape index (κ1) is 24.0. The van der Waals surface area contributed by atoms with E-state index in [0.717, 1.165) is 15.0 Å². The number of hydrogen-bond donors (Lipinski definition) is 2. The highest BCUT2D eigenvalue weighted by molar-refractivity contribution is 7.98. The van der Waals surface area contributed by atoms with Crippen LogP contribution in [0.2, 0.25) is 0 Å². The van der Waals surface area contributed by atoms with Crippen molar-refractivity contribution in [2.75, 3.05) is 18.6 Å². The second-order valence-corrected chi connectivity index (χ2v) is 8.70. The Labute approximate surface area is 205 Å². The number of benzene rings is 3. The Balaban J connectivity index is 1.74. The summed E-state index contributed by atoms with van der Waals surface area (Å²) in [5.41, 5.74) is 0.999. The van der Waals surface area contributed by atoms with Gasteiger partial charge in [0.15, 0.2) is 0 Å². The van der Waals surface area contributed by atoms with E-state index < -0.39 is 11.2 Å². The number of anilines is 1. The molecular weight excluding hydrogens is 464 g/mol. The Kier molecular flexibility index (Phi) is 7.17. The normalized spacial score (nSPS) is 10.8. The summed E-state index contributed by atoms with van der Waals surface area (Å²) >= 11 is 1.56. The fourth-order valence-electron chi connectivity index (χ4n) is 3.78. The average molecular weight is 489 g/mol. The number of nitrogens with one attached hydrogen (secondary N) is 2. The lowest BCUT2D eigenvalue weighted by atomic mass is 10.1. The van der Waals surface area contributed by atoms with Crippen LogP contribution in [0.1, 0.15) is 5.56 Å². The van der Waals surface area contributed by atoms with Gasteiger partial charge in [-0.25, -0.2) is 9.36 Å². The highest BCUT2D eigenvalue weighted by Gasteiger charge is 2.17. The molecule has 0 aliphatic heterocycles. The summed E-state index contributed by atoms with van der Waals surface area (Å²) in [6.07, 6.45) is 2.13. The van der Waals surface area contributed by atoms with E-state index in [2.05, 4.69) is 10.6 Å². The van der Waals surface area contributed by atoms with Crippen molar-refractivity contribution in [2.45, 2.75) is 17.9 Å². The van der Waals surface area contributed by atoms with Gasteiger partial charge in [-0.15, -0.1) is 11.8 Å². The fourth-order valence-corrected chi connectivity index (χ4v) is 4.24. The van der Waals surface area contributed by atoms with Crippen LogP contribution in [0.3, 0.4) is 0 Å². The molecule has 3 aromatic carbocycles. The number of thioether (sulfide) groups is 1.